The lowest BCUT2D eigenvalue weighted by atomic mass is 9.80. The lowest BCUT2D eigenvalue weighted by molar-refractivity contribution is 0.240. The van der Waals surface area contributed by atoms with Crippen molar-refractivity contribution in [1.29, 1.82) is 0 Å². The second-order valence-corrected chi connectivity index (χ2v) is 5.31. The Morgan fingerprint density at radius 1 is 1.40 bits per heavy atom. The van der Waals surface area contributed by atoms with Crippen molar-refractivity contribution in [2.45, 2.75) is 38.8 Å². The zero-order chi connectivity index (χ0) is 10.7. The molecule has 2 rings (SSSR count). The van der Waals surface area contributed by atoms with Crippen LogP contribution < -0.4 is 5.32 Å². The van der Waals surface area contributed by atoms with Gasteiger partial charge in [0.05, 0.1) is 0 Å². The molecule has 1 nitrogen and oxygen atoms in total. The molecule has 1 atom stereocenters. The van der Waals surface area contributed by atoms with Crippen LogP contribution >= 0.6 is 15.9 Å². The average Bonchev–Trinajstić information content (AvgIpc) is 2.14. The molecule has 82 valence electrons. The van der Waals surface area contributed by atoms with Crippen molar-refractivity contribution in [3.05, 3.63) is 34.3 Å². The molecule has 1 fully saturated rings. The predicted molar refractivity (Wildman–Crippen MR) is 67.8 cm³/mol. The molecule has 0 amide bonds. The Balaban J connectivity index is 1.84. The van der Waals surface area contributed by atoms with Gasteiger partial charge in [-0.25, -0.2) is 0 Å². The molecule has 1 N–H and O–H groups in total. The van der Waals surface area contributed by atoms with Gasteiger partial charge in [-0.05, 0) is 37.3 Å². The van der Waals surface area contributed by atoms with Crippen LogP contribution in [-0.2, 0) is 6.54 Å². The van der Waals surface area contributed by atoms with Gasteiger partial charge in [0.25, 0.3) is 0 Å². The first kappa shape index (κ1) is 11.2. The molecule has 1 aromatic carbocycles. The number of nitrogens with one attached hydrogen (secondary N) is 1. The summed E-state index contributed by atoms with van der Waals surface area (Å²) in [6.45, 7) is 3.28. The maximum Gasteiger partial charge on any atom is 0.0220 e. The fraction of sp³-hybridized carbons (Fsp3) is 0.538. The standard InChI is InChI=1S/C13H18BrN/c1-10(11-6-4-7-11)15-9-12-5-2-3-8-13(12)14/h2-3,5,8,10-11,15H,4,6-7,9H2,1H3. The second kappa shape index (κ2) is 5.13. The van der Waals surface area contributed by atoms with Gasteiger partial charge in [-0.2, -0.15) is 0 Å². The first-order valence-electron chi connectivity index (χ1n) is 5.74. The van der Waals surface area contributed by atoms with E-state index >= 15 is 0 Å². The molecule has 0 spiro atoms. The minimum absolute atomic E-state index is 0.658. The third-order valence-corrected chi connectivity index (χ3v) is 4.20. The van der Waals surface area contributed by atoms with Crippen LogP contribution in [0.3, 0.4) is 0 Å². The summed E-state index contributed by atoms with van der Waals surface area (Å²) < 4.78 is 1.21. The lowest BCUT2D eigenvalue weighted by Gasteiger charge is -2.32. The van der Waals surface area contributed by atoms with Crippen molar-refractivity contribution in [2.24, 2.45) is 5.92 Å². The highest BCUT2D eigenvalue weighted by Crippen LogP contribution is 2.29. The minimum Gasteiger partial charge on any atom is -0.310 e. The van der Waals surface area contributed by atoms with Crippen LogP contribution in [0.4, 0.5) is 0 Å². The minimum atomic E-state index is 0.658. The second-order valence-electron chi connectivity index (χ2n) is 4.45. The Morgan fingerprint density at radius 2 is 2.13 bits per heavy atom. The molecule has 0 aliphatic heterocycles. The van der Waals surface area contributed by atoms with Crippen molar-refractivity contribution in [1.82, 2.24) is 5.32 Å². The van der Waals surface area contributed by atoms with Gasteiger partial charge >= 0.3 is 0 Å². The smallest absolute Gasteiger partial charge is 0.0220 e. The average molecular weight is 268 g/mol. The Labute approximate surface area is 100 Å². The van der Waals surface area contributed by atoms with Crippen molar-refractivity contribution in [3.63, 3.8) is 0 Å². The maximum absolute atomic E-state index is 3.61. The van der Waals surface area contributed by atoms with Crippen LogP contribution in [0, 0.1) is 5.92 Å². The molecule has 2 heteroatoms. The Bertz CT molecular complexity index is 320. The fourth-order valence-electron chi connectivity index (χ4n) is 2.02. The van der Waals surface area contributed by atoms with E-state index in [0.29, 0.717) is 6.04 Å². The van der Waals surface area contributed by atoms with Gasteiger partial charge in [-0.3, -0.25) is 0 Å². The molecule has 0 heterocycles. The number of rotatable bonds is 4. The molecule has 1 unspecified atom stereocenters. The van der Waals surface area contributed by atoms with Gasteiger partial charge in [0, 0.05) is 17.1 Å². The molecule has 1 aliphatic rings. The fourth-order valence-corrected chi connectivity index (χ4v) is 2.44. The van der Waals surface area contributed by atoms with E-state index in [1.54, 1.807) is 0 Å². The Hall–Kier alpha value is -0.340. The summed E-state index contributed by atoms with van der Waals surface area (Å²) in [4.78, 5) is 0. The van der Waals surface area contributed by atoms with Gasteiger partial charge in [0.1, 0.15) is 0 Å². The van der Waals surface area contributed by atoms with Crippen molar-refractivity contribution in [3.8, 4) is 0 Å². The zero-order valence-electron chi connectivity index (χ0n) is 9.17. The lowest BCUT2D eigenvalue weighted by Crippen LogP contribution is -2.36. The quantitative estimate of drug-likeness (QED) is 0.877. The van der Waals surface area contributed by atoms with Crippen LogP contribution in [0.15, 0.2) is 28.7 Å². The van der Waals surface area contributed by atoms with E-state index in [4.69, 9.17) is 0 Å². The number of benzene rings is 1. The SMILES string of the molecule is CC(NCc1ccccc1Br)C1CCC1. The van der Waals surface area contributed by atoms with E-state index in [9.17, 15) is 0 Å². The molecule has 1 saturated carbocycles. The van der Waals surface area contributed by atoms with Crippen LogP contribution in [0.25, 0.3) is 0 Å². The number of hydrogen-bond donors (Lipinski definition) is 1. The van der Waals surface area contributed by atoms with Crippen LogP contribution in [0.2, 0.25) is 0 Å². The highest BCUT2D eigenvalue weighted by molar-refractivity contribution is 9.10. The Kier molecular flexibility index (Phi) is 3.81. The van der Waals surface area contributed by atoms with Gasteiger partial charge < -0.3 is 5.32 Å². The first-order valence-corrected chi connectivity index (χ1v) is 6.53. The van der Waals surface area contributed by atoms with E-state index in [1.165, 1.54) is 29.3 Å². The summed E-state index contributed by atoms with van der Waals surface area (Å²) in [5.74, 6) is 0.910. The molecule has 15 heavy (non-hydrogen) atoms. The van der Waals surface area contributed by atoms with Crippen molar-refractivity contribution in [2.75, 3.05) is 0 Å². The topological polar surface area (TPSA) is 12.0 Å². The zero-order valence-corrected chi connectivity index (χ0v) is 10.8. The van der Waals surface area contributed by atoms with E-state index in [0.717, 1.165) is 12.5 Å². The summed E-state index contributed by atoms with van der Waals surface area (Å²) in [6, 6.07) is 9.08. The van der Waals surface area contributed by atoms with Gasteiger partial charge in [0.2, 0.25) is 0 Å². The Morgan fingerprint density at radius 3 is 2.73 bits per heavy atom. The third-order valence-electron chi connectivity index (χ3n) is 3.43. The van der Waals surface area contributed by atoms with E-state index < -0.39 is 0 Å². The van der Waals surface area contributed by atoms with E-state index in [-0.39, 0.29) is 0 Å². The van der Waals surface area contributed by atoms with Gasteiger partial charge in [-0.1, -0.05) is 40.5 Å². The van der Waals surface area contributed by atoms with Gasteiger partial charge in [0.15, 0.2) is 0 Å². The van der Waals surface area contributed by atoms with E-state index in [2.05, 4.69) is 52.4 Å². The molecule has 1 aliphatic carbocycles. The van der Waals surface area contributed by atoms with Crippen molar-refractivity contribution >= 4 is 15.9 Å². The third kappa shape index (κ3) is 2.82. The molecule has 0 radical (unpaired) electrons. The van der Waals surface area contributed by atoms with Crippen LogP contribution in [0.5, 0.6) is 0 Å². The summed E-state index contributed by atoms with van der Waals surface area (Å²) in [6.07, 6.45) is 4.24. The number of hydrogen-bond acceptors (Lipinski definition) is 1. The highest BCUT2D eigenvalue weighted by atomic mass is 79.9. The largest absolute Gasteiger partial charge is 0.310 e. The van der Waals surface area contributed by atoms with Crippen molar-refractivity contribution < 1.29 is 0 Å². The molecular weight excluding hydrogens is 250 g/mol. The maximum atomic E-state index is 3.61. The molecule has 0 saturated heterocycles. The van der Waals surface area contributed by atoms with E-state index in [1.807, 2.05) is 0 Å². The normalized spacial score (nSPS) is 18.5. The molecule has 0 bridgehead atoms. The summed E-state index contributed by atoms with van der Waals surface area (Å²) >= 11 is 3.57. The predicted octanol–water partition coefficient (Wildman–Crippen LogP) is 3.73. The monoisotopic (exact) mass is 267 g/mol. The van der Waals surface area contributed by atoms with Crippen LogP contribution in [0.1, 0.15) is 31.7 Å². The highest BCUT2D eigenvalue weighted by Gasteiger charge is 2.23. The number of halogens is 1. The van der Waals surface area contributed by atoms with Gasteiger partial charge in [-0.15, -0.1) is 0 Å². The molecular formula is C13H18BrN. The summed E-state index contributed by atoms with van der Waals surface area (Å²) in [7, 11) is 0. The molecule has 0 aromatic heterocycles. The molecule has 1 aromatic rings. The summed E-state index contributed by atoms with van der Waals surface area (Å²) in [5, 5.41) is 3.61. The summed E-state index contributed by atoms with van der Waals surface area (Å²) in [5.41, 5.74) is 1.35. The van der Waals surface area contributed by atoms with Crippen LogP contribution in [-0.4, -0.2) is 6.04 Å². The first-order chi connectivity index (χ1) is 7.27.